The van der Waals surface area contributed by atoms with Crippen LogP contribution in [0.2, 0.25) is 0 Å². The van der Waals surface area contributed by atoms with Crippen LogP contribution in [0.5, 0.6) is 0 Å². The monoisotopic (exact) mass is 1010 g/mol. The highest BCUT2D eigenvalue weighted by atomic mass is 35.5. The molecule has 0 bridgehead atoms. The molecule has 0 radical (unpaired) electrons. The number of hydrogen-bond acceptors (Lipinski definition) is 4. The van der Waals surface area contributed by atoms with Crippen LogP contribution in [0.3, 0.4) is 0 Å². The number of unbranched alkanes of at least 4 members (excludes halogenated alkanes) is 4. The van der Waals surface area contributed by atoms with E-state index in [1.807, 2.05) is 22.7 Å². The second-order valence-corrected chi connectivity index (χ2v) is 23.5. The Bertz CT molecular complexity index is 2230. The molecule has 366 valence electrons. The molecule has 0 saturated heterocycles. The lowest BCUT2D eigenvalue weighted by Crippen LogP contribution is -2.10. The topological polar surface area (TPSA) is 0 Å². The van der Waals surface area contributed by atoms with Gasteiger partial charge in [-0.15, -0.1) is 45.9 Å². The molecule has 7 rings (SSSR count). The van der Waals surface area contributed by atoms with Crippen LogP contribution >= 0.6 is 68.5 Å². The van der Waals surface area contributed by atoms with E-state index >= 15 is 0 Å². The van der Waals surface area contributed by atoms with Crippen LogP contribution < -0.4 is 0 Å². The summed E-state index contributed by atoms with van der Waals surface area (Å²) in [6.07, 6.45) is 26.2. The number of thiophene rings is 4. The molecule has 4 heterocycles. The standard InChI is InChI=1S/C30H40S2.C30H42S2.CH2Cl2/c1-5-9-11-21(7-3)17-23-19-27-25-13-15-31-29(25)30-26(14-16-32-30)28(27)20-24(23)18-22(8-4)12-10-6-2;1-5-9-11-23(7-3)17-27-19-29(25-13-15-31-21-25)30(26-14-16-32-22-26)20-28(27)18-24(8-4)12-10-6-2;2-1-3/h13-16,19-22H,5-12,17-18H2,1-4H3;13-16,19-24H,5-12,17-18H2,1-4H3;1H2. The Hall–Kier alpha value is -2.18. The molecule has 3 aromatic carbocycles. The predicted molar refractivity (Wildman–Crippen MR) is 312 cm³/mol. The van der Waals surface area contributed by atoms with Crippen LogP contribution in [-0.2, 0) is 25.7 Å². The molecule has 0 amide bonds. The molecule has 0 nitrogen and oxygen atoms in total. The van der Waals surface area contributed by atoms with Gasteiger partial charge >= 0.3 is 0 Å². The Labute approximate surface area is 434 Å². The molecule has 0 aliphatic rings. The van der Waals surface area contributed by atoms with E-state index in [1.165, 1.54) is 182 Å². The third kappa shape index (κ3) is 15.9. The fraction of sp³-hybridized carbons (Fsp3) is 0.541. The molecule has 67 heavy (non-hydrogen) atoms. The summed E-state index contributed by atoms with van der Waals surface area (Å²) in [6.45, 7) is 18.8. The summed E-state index contributed by atoms with van der Waals surface area (Å²) < 4.78 is 2.96. The predicted octanol–water partition coefficient (Wildman–Crippen LogP) is 22.9. The van der Waals surface area contributed by atoms with Gasteiger partial charge in [-0.05, 0) is 161 Å². The van der Waals surface area contributed by atoms with E-state index in [4.69, 9.17) is 23.2 Å². The largest absolute Gasteiger partial charge is 0.152 e. The van der Waals surface area contributed by atoms with Gasteiger partial charge < -0.3 is 0 Å². The summed E-state index contributed by atoms with van der Waals surface area (Å²) in [5.41, 5.74) is 12.1. The van der Waals surface area contributed by atoms with Gasteiger partial charge in [0.15, 0.2) is 0 Å². The maximum absolute atomic E-state index is 4.76. The van der Waals surface area contributed by atoms with Gasteiger partial charge in [-0.2, -0.15) is 22.7 Å². The van der Waals surface area contributed by atoms with Crippen molar-refractivity contribution in [3.05, 3.63) is 103 Å². The van der Waals surface area contributed by atoms with E-state index < -0.39 is 0 Å². The summed E-state index contributed by atoms with van der Waals surface area (Å²) in [7, 11) is 0. The smallest absolute Gasteiger partial charge is 0.0967 e. The van der Waals surface area contributed by atoms with Crippen LogP contribution in [0.25, 0.3) is 53.2 Å². The van der Waals surface area contributed by atoms with Crippen molar-refractivity contribution in [1.29, 1.82) is 0 Å². The number of rotatable bonds is 26. The van der Waals surface area contributed by atoms with Crippen molar-refractivity contribution in [3.8, 4) is 22.3 Å². The van der Waals surface area contributed by atoms with Crippen molar-refractivity contribution < 1.29 is 0 Å². The van der Waals surface area contributed by atoms with Gasteiger partial charge in [-0.25, -0.2) is 0 Å². The number of benzene rings is 3. The number of halogens is 2. The van der Waals surface area contributed by atoms with Gasteiger partial charge in [0.2, 0.25) is 0 Å². The molecule has 0 saturated carbocycles. The lowest BCUT2D eigenvalue weighted by atomic mass is 9.82. The van der Waals surface area contributed by atoms with E-state index in [9.17, 15) is 0 Å². The summed E-state index contributed by atoms with van der Waals surface area (Å²) >= 11 is 17.0. The van der Waals surface area contributed by atoms with E-state index in [1.54, 1.807) is 44.9 Å². The number of alkyl halides is 2. The lowest BCUT2D eigenvalue weighted by molar-refractivity contribution is 0.434. The van der Waals surface area contributed by atoms with Crippen molar-refractivity contribution >= 4 is 99.5 Å². The highest BCUT2D eigenvalue weighted by Gasteiger charge is 2.21. The third-order valence-corrected chi connectivity index (χ3v) is 18.0. The van der Waals surface area contributed by atoms with Gasteiger partial charge in [-0.3, -0.25) is 0 Å². The van der Waals surface area contributed by atoms with E-state index in [0.29, 0.717) is 0 Å². The normalized spacial score (nSPS) is 13.3. The van der Waals surface area contributed by atoms with Crippen molar-refractivity contribution in [3.63, 3.8) is 0 Å². The van der Waals surface area contributed by atoms with Crippen molar-refractivity contribution in [1.82, 2.24) is 0 Å². The molecular formula is C61H84Cl2S4. The minimum Gasteiger partial charge on any atom is -0.152 e. The average Bonchev–Trinajstić information content (AvgIpc) is 4.21. The molecule has 4 atom stereocenters. The second-order valence-electron chi connectivity index (χ2n) is 19.3. The Morgan fingerprint density at radius 1 is 0.403 bits per heavy atom. The Morgan fingerprint density at radius 3 is 0.985 bits per heavy atom. The Morgan fingerprint density at radius 2 is 0.716 bits per heavy atom. The SMILES string of the molecule is CCCCC(CC)Cc1cc(-c2ccsc2)c(-c2ccsc2)cc1CC(CC)CCCC.CCCCC(CC)Cc1cc2c(cc1CC(CC)CCCC)c1ccsc1c1sccc21.ClCCl. The van der Waals surface area contributed by atoms with Gasteiger partial charge in [0, 0.05) is 10.8 Å². The first kappa shape index (κ1) is 55.7. The highest BCUT2D eigenvalue weighted by molar-refractivity contribution is 7.26. The van der Waals surface area contributed by atoms with Gasteiger partial charge in [0.05, 0.1) is 14.7 Å². The fourth-order valence-corrected chi connectivity index (χ4v) is 13.6. The summed E-state index contributed by atoms with van der Waals surface area (Å²) in [5, 5.41) is 19.7. The maximum atomic E-state index is 4.76. The molecule has 4 unspecified atom stereocenters. The van der Waals surface area contributed by atoms with E-state index in [-0.39, 0.29) is 5.34 Å². The Balaban J connectivity index is 0.000000237. The molecule has 0 aliphatic carbocycles. The molecule has 4 aromatic heterocycles. The second kappa shape index (κ2) is 30.5. The van der Waals surface area contributed by atoms with Crippen molar-refractivity contribution in [2.24, 2.45) is 23.7 Å². The van der Waals surface area contributed by atoms with Gasteiger partial charge in [0.1, 0.15) is 0 Å². The van der Waals surface area contributed by atoms with Crippen LogP contribution in [0.4, 0.5) is 0 Å². The zero-order chi connectivity index (χ0) is 48.0. The molecule has 0 N–H and O–H groups in total. The quantitative estimate of drug-likeness (QED) is 0.0474. The summed E-state index contributed by atoms with van der Waals surface area (Å²) in [6, 6.07) is 19.7. The van der Waals surface area contributed by atoms with E-state index in [2.05, 4.69) is 136 Å². The zero-order valence-corrected chi connectivity index (χ0v) is 47.4. The minimum absolute atomic E-state index is 0.194. The maximum Gasteiger partial charge on any atom is 0.0967 e. The molecule has 6 heteroatoms. The van der Waals surface area contributed by atoms with Crippen LogP contribution in [0.15, 0.2) is 80.8 Å². The first-order valence-electron chi connectivity index (χ1n) is 26.5. The van der Waals surface area contributed by atoms with E-state index in [0.717, 1.165) is 23.7 Å². The summed E-state index contributed by atoms with van der Waals surface area (Å²) in [4.78, 5) is 0. The minimum atomic E-state index is 0.194. The summed E-state index contributed by atoms with van der Waals surface area (Å²) in [5.74, 6) is 3.22. The molecule has 7 aromatic rings. The first-order chi connectivity index (χ1) is 32.8. The molecule has 0 fully saturated rings. The first-order valence-corrected chi connectivity index (χ1v) is 31.2. The molecule has 0 spiro atoms. The molecular weight excluding hydrogens is 932 g/mol. The lowest BCUT2D eigenvalue weighted by Gasteiger charge is -2.23. The van der Waals surface area contributed by atoms with Crippen LogP contribution in [0.1, 0.15) is 180 Å². The zero-order valence-electron chi connectivity index (χ0n) is 42.6. The van der Waals surface area contributed by atoms with Crippen LogP contribution in [0, 0.1) is 23.7 Å². The number of fused-ring (bicyclic) bond motifs is 6. The van der Waals surface area contributed by atoms with Gasteiger partial charge in [0.25, 0.3) is 0 Å². The Kier molecular flexibility index (Phi) is 25.4. The third-order valence-electron chi connectivity index (χ3n) is 14.7. The fourth-order valence-electron chi connectivity index (χ4n) is 10.3. The van der Waals surface area contributed by atoms with Gasteiger partial charge in [-0.1, -0.05) is 182 Å². The van der Waals surface area contributed by atoms with Crippen molar-refractivity contribution in [2.45, 2.75) is 184 Å². The van der Waals surface area contributed by atoms with Crippen LogP contribution in [-0.4, -0.2) is 5.34 Å². The van der Waals surface area contributed by atoms with Crippen molar-refractivity contribution in [2.75, 3.05) is 5.34 Å². The molecule has 0 aliphatic heterocycles. The average molecular weight is 1020 g/mol. The highest BCUT2D eigenvalue weighted by Crippen LogP contribution is 2.43. The number of hydrogen-bond donors (Lipinski definition) is 0.